The van der Waals surface area contributed by atoms with Crippen LogP contribution >= 0.6 is 0 Å². The van der Waals surface area contributed by atoms with Crippen molar-refractivity contribution in [2.45, 2.75) is 38.3 Å². The summed E-state index contributed by atoms with van der Waals surface area (Å²) in [4.78, 5) is 27.7. The number of nitrogens with zero attached hydrogens (tertiary/aromatic N) is 1. The SMILES string of the molecule is CCS(=O)(=O)c1ccc(CNC(=O)c2ccc(N3C(=O)[C@H](C(C)C)[C@H]3c3ccccc3)cc2)cc1. The van der Waals surface area contributed by atoms with E-state index in [-0.39, 0.29) is 46.9 Å². The first-order valence-electron chi connectivity index (χ1n) is 11.8. The molecular formula is C28H30N2O4S. The van der Waals surface area contributed by atoms with Crippen LogP contribution in [0.15, 0.2) is 83.8 Å². The average Bonchev–Trinajstić information content (AvgIpc) is 2.86. The van der Waals surface area contributed by atoms with Gasteiger partial charge in [0.15, 0.2) is 9.84 Å². The van der Waals surface area contributed by atoms with Crippen LogP contribution in [0.3, 0.4) is 0 Å². The van der Waals surface area contributed by atoms with Gasteiger partial charge in [0.25, 0.3) is 5.91 Å². The highest BCUT2D eigenvalue weighted by molar-refractivity contribution is 7.91. The fourth-order valence-electron chi connectivity index (χ4n) is 4.49. The number of hydrogen-bond acceptors (Lipinski definition) is 4. The van der Waals surface area contributed by atoms with Gasteiger partial charge >= 0.3 is 0 Å². The van der Waals surface area contributed by atoms with Crippen LogP contribution < -0.4 is 10.2 Å². The quantitative estimate of drug-likeness (QED) is 0.461. The van der Waals surface area contributed by atoms with Gasteiger partial charge in [0.1, 0.15) is 0 Å². The van der Waals surface area contributed by atoms with E-state index in [1.54, 1.807) is 43.3 Å². The number of anilines is 1. The molecule has 1 saturated heterocycles. The van der Waals surface area contributed by atoms with E-state index in [0.717, 1.165) is 16.8 Å². The fraction of sp³-hybridized carbons (Fsp3) is 0.286. The van der Waals surface area contributed by atoms with E-state index in [9.17, 15) is 18.0 Å². The van der Waals surface area contributed by atoms with Gasteiger partial charge < -0.3 is 10.2 Å². The summed E-state index contributed by atoms with van der Waals surface area (Å²) in [6, 6.07) is 23.6. The fourth-order valence-corrected chi connectivity index (χ4v) is 5.38. The first-order chi connectivity index (χ1) is 16.7. The standard InChI is InChI=1S/C28H30N2O4S/c1-4-35(33,34)24-16-10-20(11-17-24)18-29-27(31)22-12-14-23(15-13-22)30-26(21-8-6-5-7-9-21)25(19(2)3)28(30)32/h5-17,19,25-26H,4,18H2,1-3H3,(H,29,31)/t25-,26-/m1/s1. The van der Waals surface area contributed by atoms with E-state index in [1.165, 1.54) is 0 Å². The van der Waals surface area contributed by atoms with Crippen molar-refractivity contribution in [3.8, 4) is 0 Å². The summed E-state index contributed by atoms with van der Waals surface area (Å²) >= 11 is 0. The minimum Gasteiger partial charge on any atom is -0.348 e. The molecule has 1 aliphatic rings. The van der Waals surface area contributed by atoms with Crippen LogP contribution in [0.25, 0.3) is 0 Å². The lowest BCUT2D eigenvalue weighted by Gasteiger charge is -2.49. The maximum Gasteiger partial charge on any atom is 0.251 e. The second-order valence-corrected chi connectivity index (χ2v) is 11.4. The van der Waals surface area contributed by atoms with Crippen molar-refractivity contribution in [2.24, 2.45) is 11.8 Å². The van der Waals surface area contributed by atoms with Gasteiger partial charge in [-0.05, 0) is 53.4 Å². The van der Waals surface area contributed by atoms with E-state index in [2.05, 4.69) is 19.2 Å². The predicted molar refractivity (Wildman–Crippen MR) is 137 cm³/mol. The van der Waals surface area contributed by atoms with Gasteiger partial charge in [-0.25, -0.2) is 8.42 Å². The Morgan fingerprint density at radius 3 is 2.14 bits per heavy atom. The van der Waals surface area contributed by atoms with Crippen molar-refractivity contribution >= 4 is 27.3 Å². The number of hydrogen-bond donors (Lipinski definition) is 1. The number of nitrogens with one attached hydrogen (secondary N) is 1. The Morgan fingerprint density at radius 2 is 1.57 bits per heavy atom. The molecule has 35 heavy (non-hydrogen) atoms. The molecule has 0 saturated carbocycles. The summed E-state index contributed by atoms with van der Waals surface area (Å²) in [5.74, 6) is 0.0620. The summed E-state index contributed by atoms with van der Waals surface area (Å²) in [5, 5.41) is 2.86. The predicted octanol–water partition coefficient (Wildman–Crippen LogP) is 4.77. The van der Waals surface area contributed by atoms with Crippen LogP contribution in [0, 0.1) is 11.8 Å². The lowest BCUT2D eigenvalue weighted by Crippen LogP contribution is -2.57. The lowest BCUT2D eigenvalue weighted by molar-refractivity contribution is -0.132. The molecule has 0 aliphatic carbocycles. The zero-order chi connectivity index (χ0) is 25.2. The average molecular weight is 491 g/mol. The molecule has 4 rings (SSSR count). The molecule has 1 aliphatic heterocycles. The first-order valence-corrected chi connectivity index (χ1v) is 13.5. The number of rotatable bonds is 8. The summed E-state index contributed by atoms with van der Waals surface area (Å²) in [6.45, 7) is 6.03. The van der Waals surface area contributed by atoms with Crippen LogP contribution in [-0.2, 0) is 21.2 Å². The molecule has 0 spiro atoms. The van der Waals surface area contributed by atoms with Gasteiger partial charge in [-0.1, -0.05) is 63.2 Å². The Kier molecular flexibility index (Phi) is 7.08. The number of β-lactam (4-membered cyclic amide) rings is 1. The highest BCUT2D eigenvalue weighted by atomic mass is 32.2. The zero-order valence-electron chi connectivity index (χ0n) is 20.1. The molecule has 182 valence electrons. The molecule has 1 fully saturated rings. The van der Waals surface area contributed by atoms with Crippen LogP contribution in [0.4, 0.5) is 5.69 Å². The highest BCUT2D eigenvalue weighted by Gasteiger charge is 2.49. The first kappa shape index (κ1) is 24.7. The van der Waals surface area contributed by atoms with E-state index >= 15 is 0 Å². The number of amides is 2. The number of benzene rings is 3. The smallest absolute Gasteiger partial charge is 0.251 e. The molecule has 1 N–H and O–H groups in total. The molecule has 2 atom stereocenters. The van der Waals surface area contributed by atoms with Gasteiger partial charge in [-0.3, -0.25) is 9.59 Å². The Bertz CT molecular complexity index is 1300. The Hall–Kier alpha value is -3.45. The molecule has 7 heteroatoms. The molecule has 2 amide bonds. The zero-order valence-corrected chi connectivity index (χ0v) is 21.0. The van der Waals surface area contributed by atoms with Crippen molar-refractivity contribution in [1.29, 1.82) is 0 Å². The molecule has 1 heterocycles. The van der Waals surface area contributed by atoms with Crippen LogP contribution in [0.2, 0.25) is 0 Å². The summed E-state index contributed by atoms with van der Waals surface area (Å²) in [6.07, 6.45) is 0. The lowest BCUT2D eigenvalue weighted by atomic mass is 9.75. The van der Waals surface area contributed by atoms with Crippen molar-refractivity contribution in [3.63, 3.8) is 0 Å². The van der Waals surface area contributed by atoms with Crippen molar-refractivity contribution in [1.82, 2.24) is 5.32 Å². The van der Waals surface area contributed by atoms with Crippen LogP contribution in [0.1, 0.15) is 48.3 Å². The van der Waals surface area contributed by atoms with Crippen LogP contribution in [-0.4, -0.2) is 26.0 Å². The van der Waals surface area contributed by atoms with E-state index in [0.29, 0.717) is 5.56 Å². The molecule has 3 aromatic rings. The number of carbonyl (C=O) groups excluding carboxylic acids is 2. The van der Waals surface area contributed by atoms with Crippen molar-refractivity contribution < 1.29 is 18.0 Å². The van der Waals surface area contributed by atoms with Crippen LogP contribution in [0.5, 0.6) is 0 Å². The maximum absolute atomic E-state index is 13.0. The van der Waals surface area contributed by atoms with Gasteiger partial charge in [-0.15, -0.1) is 0 Å². The van der Waals surface area contributed by atoms with Crippen molar-refractivity contribution in [3.05, 3.63) is 95.6 Å². The monoisotopic (exact) mass is 490 g/mol. The molecule has 6 nitrogen and oxygen atoms in total. The minimum atomic E-state index is -3.25. The highest BCUT2D eigenvalue weighted by Crippen LogP contribution is 2.46. The normalized spacial score (nSPS) is 17.8. The third kappa shape index (κ3) is 5.00. The van der Waals surface area contributed by atoms with Gasteiger partial charge in [-0.2, -0.15) is 0 Å². The Morgan fingerprint density at radius 1 is 0.943 bits per heavy atom. The molecule has 3 aromatic carbocycles. The molecule has 0 aromatic heterocycles. The van der Waals surface area contributed by atoms with Gasteiger partial charge in [0.2, 0.25) is 5.91 Å². The van der Waals surface area contributed by atoms with E-state index in [1.807, 2.05) is 47.4 Å². The van der Waals surface area contributed by atoms with E-state index in [4.69, 9.17) is 0 Å². The summed E-state index contributed by atoms with van der Waals surface area (Å²) in [7, 11) is -3.25. The second-order valence-electron chi connectivity index (χ2n) is 9.11. The number of sulfone groups is 1. The van der Waals surface area contributed by atoms with E-state index < -0.39 is 9.84 Å². The molecule has 0 bridgehead atoms. The summed E-state index contributed by atoms with van der Waals surface area (Å²) < 4.78 is 23.9. The molecular weight excluding hydrogens is 460 g/mol. The second kappa shape index (κ2) is 10.0. The topological polar surface area (TPSA) is 83.6 Å². The third-order valence-electron chi connectivity index (χ3n) is 6.52. The Labute approximate surface area is 206 Å². The number of carbonyl (C=O) groups is 2. The maximum atomic E-state index is 13.0. The van der Waals surface area contributed by atoms with Gasteiger partial charge in [0.05, 0.1) is 22.6 Å². The summed E-state index contributed by atoms with van der Waals surface area (Å²) in [5.41, 5.74) is 3.17. The van der Waals surface area contributed by atoms with Crippen molar-refractivity contribution in [2.75, 3.05) is 10.7 Å². The Balaban J connectivity index is 1.44. The van der Waals surface area contributed by atoms with Gasteiger partial charge in [0, 0.05) is 17.8 Å². The third-order valence-corrected chi connectivity index (χ3v) is 8.27. The minimum absolute atomic E-state index is 0.0251. The largest absolute Gasteiger partial charge is 0.348 e. The molecule has 0 unspecified atom stereocenters. The molecule has 0 radical (unpaired) electrons.